The lowest BCUT2D eigenvalue weighted by atomic mass is 9.95. The third-order valence-corrected chi connectivity index (χ3v) is 7.63. The molecule has 1 aromatic rings. The molecule has 4 rings (SSSR count). The molecular formula is C20H21ClN2O2S2. The predicted molar refractivity (Wildman–Crippen MR) is 115 cm³/mol. The quantitative estimate of drug-likeness (QED) is 0.618. The van der Waals surface area contributed by atoms with E-state index in [-0.39, 0.29) is 11.3 Å². The summed E-state index contributed by atoms with van der Waals surface area (Å²) < 4.78 is 11.8. The molecule has 0 spiro atoms. The number of ether oxygens (including phenoxy) is 2. The van der Waals surface area contributed by atoms with Gasteiger partial charge in [-0.1, -0.05) is 29.8 Å². The average Bonchev–Trinajstić information content (AvgIpc) is 3.38. The Morgan fingerprint density at radius 2 is 2.26 bits per heavy atom. The fourth-order valence-corrected chi connectivity index (χ4v) is 5.92. The SMILES string of the molecule is C=C/N=C(/CCC1=CC2=C(CC1)OCO2)C1SC(c2ccc(Cl)s2)=CC1N. The number of nitrogens with zero attached hydrogens (tertiary/aromatic N) is 1. The Labute approximate surface area is 172 Å². The smallest absolute Gasteiger partial charge is 0.230 e. The highest BCUT2D eigenvalue weighted by atomic mass is 35.5. The first-order valence-electron chi connectivity index (χ1n) is 8.89. The van der Waals surface area contributed by atoms with Crippen LogP contribution >= 0.6 is 34.7 Å². The molecule has 2 unspecified atom stereocenters. The minimum atomic E-state index is -0.0641. The van der Waals surface area contributed by atoms with Crippen molar-refractivity contribution < 1.29 is 9.47 Å². The first-order valence-corrected chi connectivity index (χ1v) is 11.0. The van der Waals surface area contributed by atoms with Gasteiger partial charge in [0, 0.05) is 34.2 Å². The number of nitrogens with two attached hydrogens (primary N) is 1. The molecule has 1 aliphatic carbocycles. The molecule has 0 saturated carbocycles. The van der Waals surface area contributed by atoms with Gasteiger partial charge in [-0.15, -0.1) is 23.1 Å². The van der Waals surface area contributed by atoms with Gasteiger partial charge >= 0.3 is 0 Å². The Morgan fingerprint density at radius 3 is 3.04 bits per heavy atom. The van der Waals surface area contributed by atoms with Crippen LogP contribution in [0.5, 0.6) is 0 Å². The van der Waals surface area contributed by atoms with E-state index in [0.29, 0.717) is 6.79 Å². The van der Waals surface area contributed by atoms with Crippen molar-refractivity contribution >= 4 is 45.3 Å². The van der Waals surface area contributed by atoms with Crippen molar-refractivity contribution in [2.75, 3.05) is 6.79 Å². The number of halogens is 1. The molecule has 4 nitrogen and oxygen atoms in total. The van der Waals surface area contributed by atoms with Crippen molar-refractivity contribution in [2.45, 2.75) is 37.0 Å². The summed E-state index contributed by atoms with van der Waals surface area (Å²) >= 11 is 9.43. The zero-order chi connectivity index (χ0) is 18.8. The van der Waals surface area contributed by atoms with Crippen LogP contribution in [0.3, 0.4) is 0 Å². The number of rotatable bonds is 6. The predicted octanol–water partition coefficient (Wildman–Crippen LogP) is 5.49. The standard InChI is InChI=1S/C20H21ClN2O2S2/c1-2-23-14(5-3-12-4-6-15-16(9-12)25-11-24-15)20-13(22)10-18(27-20)17-7-8-19(21)26-17/h2,7-10,13,20H,1,3-6,11,22H2/b23-14-. The molecule has 3 heterocycles. The number of thiophene rings is 1. The number of hydrogen-bond donors (Lipinski definition) is 1. The van der Waals surface area contributed by atoms with E-state index in [1.807, 2.05) is 12.1 Å². The topological polar surface area (TPSA) is 56.8 Å². The van der Waals surface area contributed by atoms with Crippen LogP contribution in [0.2, 0.25) is 4.34 Å². The van der Waals surface area contributed by atoms with Crippen LogP contribution in [0, 0.1) is 0 Å². The molecule has 0 aromatic carbocycles. The van der Waals surface area contributed by atoms with E-state index < -0.39 is 0 Å². The Morgan fingerprint density at radius 1 is 1.37 bits per heavy atom. The first-order chi connectivity index (χ1) is 13.1. The zero-order valence-corrected chi connectivity index (χ0v) is 17.2. The van der Waals surface area contributed by atoms with Crippen LogP contribution in [-0.2, 0) is 9.47 Å². The second-order valence-corrected chi connectivity index (χ2v) is 9.45. The van der Waals surface area contributed by atoms with E-state index in [1.54, 1.807) is 29.3 Å². The highest BCUT2D eigenvalue weighted by Crippen LogP contribution is 2.43. The zero-order valence-electron chi connectivity index (χ0n) is 14.8. The monoisotopic (exact) mass is 420 g/mol. The van der Waals surface area contributed by atoms with Gasteiger partial charge in [-0.3, -0.25) is 4.99 Å². The molecular weight excluding hydrogens is 400 g/mol. The fraction of sp³-hybridized carbons (Fsp3) is 0.350. The van der Waals surface area contributed by atoms with Crippen molar-refractivity contribution in [3.05, 3.63) is 63.4 Å². The summed E-state index contributed by atoms with van der Waals surface area (Å²) in [5, 5.41) is 0.129. The molecule has 0 fully saturated rings. The summed E-state index contributed by atoms with van der Waals surface area (Å²) in [6.07, 6.45) is 9.58. The van der Waals surface area contributed by atoms with Gasteiger partial charge in [-0.2, -0.15) is 0 Å². The van der Waals surface area contributed by atoms with E-state index in [4.69, 9.17) is 26.8 Å². The summed E-state index contributed by atoms with van der Waals surface area (Å²) in [6, 6.07) is 3.91. The molecule has 142 valence electrons. The van der Waals surface area contributed by atoms with Gasteiger partial charge in [0.05, 0.1) is 9.59 Å². The van der Waals surface area contributed by atoms with Gasteiger partial charge < -0.3 is 15.2 Å². The van der Waals surface area contributed by atoms with Gasteiger partial charge in [0.15, 0.2) is 5.76 Å². The van der Waals surface area contributed by atoms with Crippen LogP contribution in [0.15, 0.2) is 59.1 Å². The van der Waals surface area contributed by atoms with Gasteiger partial charge in [-0.25, -0.2) is 0 Å². The maximum Gasteiger partial charge on any atom is 0.230 e. The van der Waals surface area contributed by atoms with Crippen LogP contribution in [0.25, 0.3) is 4.91 Å². The molecule has 1 aromatic heterocycles. The van der Waals surface area contributed by atoms with Gasteiger partial charge in [0.1, 0.15) is 5.76 Å². The molecule has 0 saturated heterocycles. The number of aliphatic imine (C=N–C) groups is 1. The lowest BCUT2D eigenvalue weighted by Gasteiger charge is -2.19. The van der Waals surface area contributed by atoms with Crippen molar-refractivity contribution in [1.29, 1.82) is 0 Å². The maximum absolute atomic E-state index is 6.42. The molecule has 2 aliphatic heterocycles. The average molecular weight is 421 g/mol. The first kappa shape index (κ1) is 18.9. The Balaban J connectivity index is 1.43. The Kier molecular flexibility index (Phi) is 5.78. The lowest BCUT2D eigenvalue weighted by molar-refractivity contribution is 0.0729. The highest BCUT2D eigenvalue weighted by molar-refractivity contribution is 8.10. The van der Waals surface area contributed by atoms with E-state index in [2.05, 4.69) is 23.7 Å². The van der Waals surface area contributed by atoms with E-state index >= 15 is 0 Å². The molecule has 0 radical (unpaired) electrons. The molecule has 2 atom stereocenters. The second-order valence-electron chi connectivity index (χ2n) is 6.55. The van der Waals surface area contributed by atoms with Crippen LogP contribution in [0.1, 0.15) is 30.6 Å². The van der Waals surface area contributed by atoms with Crippen molar-refractivity contribution in [2.24, 2.45) is 10.7 Å². The van der Waals surface area contributed by atoms with E-state index in [9.17, 15) is 0 Å². The summed E-state index contributed by atoms with van der Waals surface area (Å²) in [4.78, 5) is 6.91. The van der Waals surface area contributed by atoms with Crippen LogP contribution in [-0.4, -0.2) is 23.8 Å². The third-order valence-electron chi connectivity index (χ3n) is 4.78. The Bertz CT molecular complexity index is 869. The van der Waals surface area contributed by atoms with Gasteiger partial charge in [-0.05, 0) is 37.5 Å². The van der Waals surface area contributed by atoms with Crippen molar-refractivity contribution in [3.8, 4) is 0 Å². The fourth-order valence-electron chi connectivity index (χ4n) is 3.44. The summed E-state index contributed by atoms with van der Waals surface area (Å²) in [5.74, 6) is 1.87. The molecule has 7 heteroatoms. The summed E-state index contributed by atoms with van der Waals surface area (Å²) in [7, 11) is 0. The van der Waals surface area contributed by atoms with Crippen LogP contribution in [0.4, 0.5) is 0 Å². The van der Waals surface area contributed by atoms with E-state index in [1.165, 1.54) is 10.5 Å². The van der Waals surface area contributed by atoms with Gasteiger partial charge in [0.2, 0.25) is 6.79 Å². The summed E-state index contributed by atoms with van der Waals surface area (Å²) in [6.45, 7) is 4.13. The lowest BCUT2D eigenvalue weighted by Crippen LogP contribution is -2.34. The van der Waals surface area contributed by atoms with Gasteiger partial charge in [0.25, 0.3) is 0 Å². The minimum Gasteiger partial charge on any atom is -0.458 e. The molecule has 27 heavy (non-hydrogen) atoms. The molecule has 2 N–H and O–H groups in total. The number of hydrogen-bond acceptors (Lipinski definition) is 6. The highest BCUT2D eigenvalue weighted by Gasteiger charge is 2.31. The van der Waals surface area contributed by atoms with Crippen molar-refractivity contribution in [3.63, 3.8) is 0 Å². The number of allylic oxidation sites excluding steroid dienone is 3. The second kappa shape index (κ2) is 8.27. The normalized spacial score (nSPS) is 24.9. The molecule has 0 amide bonds. The largest absolute Gasteiger partial charge is 0.458 e. The van der Waals surface area contributed by atoms with Crippen LogP contribution < -0.4 is 5.73 Å². The number of thioether (sulfide) groups is 1. The molecule has 0 bridgehead atoms. The Hall–Kier alpha value is -1.47. The maximum atomic E-state index is 6.42. The molecule has 3 aliphatic rings. The minimum absolute atomic E-state index is 0.0641. The van der Waals surface area contributed by atoms with Crippen molar-refractivity contribution in [1.82, 2.24) is 0 Å². The summed E-state index contributed by atoms with van der Waals surface area (Å²) in [5.41, 5.74) is 8.87. The van der Waals surface area contributed by atoms with E-state index in [0.717, 1.165) is 52.1 Å². The third kappa shape index (κ3) is 4.19.